The van der Waals surface area contributed by atoms with Gasteiger partial charge in [-0.2, -0.15) is 0 Å². The van der Waals surface area contributed by atoms with E-state index in [0.717, 1.165) is 25.2 Å². The Morgan fingerprint density at radius 1 is 1.24 bits per heavy atom. The number of aryl methyl sites for hydroxylation is 1. The fourth-order valence-electron chi connectivity index (χ4n) is 2.50. The number of hydrogen-bond acceptors (Lipinski definition) is 6. The van der Waals surface area contributed by atoms with Crippen molar-refractivity contribution >= 4 is 49.2 Å². The normalized spacial score (nSPS) is 11.7. The molecule has 3 N–H and O–H groups in total. The van der Waals surface area contributed by atoms with E-state index in [1.807, 2.05) is 24.4 Å². The van der Waals surface area contributed by atoms with E-state index in [-0.39, 0.29) is 6.42 Å². The molecule has 0 bridgehead atoms. The van der Waals surface area contributed by atoms with Gasteiger partial charge in [0.05, 0.1) is 19.6 Å². The van der Waals surface area contributed by atoms with E-state index in [1.54, 1.807) is 11.3 Å². The zero-order valence-electron chi connectivity index (χ0n) is 17.2. The van der Waals surface area contributed by atoms with Gasteiger partial charge in [0.25, 0.3) is 0 Å². The Bertz CT molecular complexity index is 754. The number of rotatable bonds is 9. The number of thiazole rings is 1. The Morgan fingerprint density at radius 2 is 1.79 bits per heavy atom. The second-order valence-electron chi connectivity index (χ2n) is 6.30. The first-order valence-corrected chi connectivity index (χ1v) is 11.9. The highest BCUT2D eigenvalue weighted by Crippen LogP contribution is 2.35. The molecule has 162 valence electrons. The third-order valence-corrected chi connectivity index (χ3v) is 6.20. The Kier molecular flexibility index (Phi) is 12.0. The number of aliphatic carboxylic acids is 1. The minimum atomic E-state index is -1.02. The molecule has 0 radical (unpaired) electrons. The molecule has 6 nitrogen and oxygen atoms in total. The fourth-order valence-corrected chi connectivity index (χ4v) is 4.61. The highest BCUT2D eigenvalue weighted by atomic mass is 79.9. The van der Waals surface area contributed by atoms with Gasteiger partial charge in [0, 0.05) is 5.38 Å². The van der Waals surface area contributed by atoms with Crippen LogP contribution in [0.1, 0.15) is 37.0 Å². The minimum absolute atomic E-state index is 0.248. The van der Waals surface area contributed by atoms with Crippen molar-refractivity contribution in [2.45, 2.75) is 46.8 Å². The quantitative estimate of drug-likeness (QED) is 0.463. The summed E-state index contributed by atoms with van der Waals surface area (Å²) in [6.07, 6.45) is 0.248. The van der Waals surface area contributed by atoms with Crippen molar-refractivity contribution in [3.05, 3.63) is 42.7 Å². The Morgan fingerprint density at radius 3 is 2.17 bits per heavy atom. The van der Waals surface area contributed by atoms with Crippen LogP contribution in [0.5, 0.6) is 5.75 Å². The van der Waals surface area contributed by atoms with Gasteiger partial charge in [0.1, 0.15) is 18.4 Å². The van der Waals surface area contributed by atoms with Crippen LogP contribution in [0.3, 0.4) is 0 Å². The van der Waals surface area contributed by atoms with E-state index < -0.39 is 12.0 Å². The van der Waals surface area contributed by atoms with E-state index in [2.05, 4.69) is 62.5 Å². The molecule has 1 aromatic carbocycles. The minimum Gasteiger partial charge on any atom is -0.485 e. The summed E-state index contributed by atoms with van der Waals surface area (Å²) in [5.74, 6) is -0.371. The van der Waals surface area contributed by atoms with Crippen molar-refractivity contribution in [2.75, 3.05) is 19.6 Å². The predicted octanol–water partition coefficient (Wildman–Crippen LogP) is 4.86. The maximum Gasteiger partial charge on any atom is 0.320 e. The molecule has 0 spiro atoms. The van der Waals surface area contributed by atoms with Crippen LogP contribution in [-0.2, 0) is 17.8 Å². The van der Waals surface area contributed by atoms with Gasteiger partial charge < -0.3 is 20.5 Å². The van der Waals surface area contributed by atoms with Crippen LogP contribution < -0.4 is 10.5 Å². The smallest absolute Gasteiger partial charge is 0.320 e. The van der Waals surface area contributed by atoms with Crippen molar-refractivity contribution in [2.24, 2.45) is 5.73 Å². The number of carboxylic acids is 1. The summed E-state index contributed by atoms with van der Waals surface area (Å²) >= 11 is 8.46. The second-order valence-corrected chi connectivity index (χ2v) is 9.07. The van der Waals surface area contributed by atoms with Gasteiger partial charge >= 0.3 is 5.97 Å². The zero-order chi connectivity index (χ0) is 22.0. The standard InChI is InChI=1S/C14H14Br2N2O3S.C6H15N/c1-7-18-9(6-22-7)5-21-13-10(15)2-8(3-11(13)16)4-12(17)14(19)20;1-4-7(5-2)6-3/h2-3,6,12H,4-5,17H2,1H3,(H,19,20);4-6H2,1-3H3. The van der Waals surface area contributed by atoms with Crippen LogP contribution in [0.4, 0.5) is 0 Å². The summed E-state index contributed by atoms with van der Waals surface area (Å²) in [6.45, 7) is 12.4. The molecule has 1 heterocycles. The number of carboxylic acid groups (broad SMARTS) is 1. The molecule has 2 rings (SSSR count). The van der Waals surface area contributed by atoms with E-state index >= 15 is 0 Å². The van der Waals surface area contributed by atoms with Crippen LogP contribution in [-0.4, -0.2) is 46.6 Å². The lowest BCUT2D eigenvalue weighted by Gasteiger charge is -2.13. The second kappa shape index (κ2) is 13.3. The van der Waals surface area contributed by atoms with Crippen molar-refractivity contribution < 1.29 is 14.6 Å². The number of hydrogen-bond donors (Lipinski definition) is 2. The topological polar surface area (TPSA) is 88.7 Å². The Balaban J connectivity index is 0.000000516. The van der Waals surface area contributed by atoms with Gasteiger partial charge in [-0.15, -0.1) is 11.3 Å². The van der Waals surface area contributed by atoms with Gasteiger partial charge in [-0.1, -0.05) is 20.8 Å². The Labute approximate surface area is 193 Å². The number of carbonyl (C=O) groups is 1. The summed E-state index contributed by atoms with van der Waals surface area (Å²) in [4.78, 5) is 17.5. The first-order valence-electron chi connectivity index (χ1n) is 9.44. The van der Waals surface area contributed by atoms with E-state index in [9.17, 15) is 4.79 Å². The molecular formula is C20H29Br2N3O3S. The monoisotopic (exact) mass is 549 g/mol. The maximum atomic E-state index is 10.8. The van der Waals surface area contributed by atoms with Crippen LogP contribution in [0.2, 0.25) is 0 Å². The first kappa shape index (κ1) is 26.0. The Hall–Kier alpha value is -1.000. The number of aromatic nitrogens is 1. The number of halogens is 2. The summed E-state index contributed by atoms with van der Waals surface area (Å²) < 4.78 is 7.25. The van der Waals surface area contributed by atoms with Crippen molar-refractivity contribution in [1.82, 2.24) is 9.88 Å². The average Bonchev–Trinajstić information content (AvgIpc) is 3.08. The SMILES string of the molecule is CCN(CC)CC.Cc1nc(COc2c(Br)cc(CC(N)C(=O)O)cc2Br)cs1. The van der Waals surface area contributed by atoms with E-state index in [4.69, 9.17) is 15.6 Å². The fraction of sp³-hybridized carbons (Fsp3) is 0.500. The van der Waals surface area contributed by atoms with Crippen LogP contribution in [0, 0.1) is 6.92 Å². The first-order chi connectivity index (χ1) is 13.7. The largest absolute Gasteiger partial charge is 0.485 e. The average molecular weight is 551 g/mol. The predicted molar refractivity (Wildman–Crippen MR) is 126 cm³/mol. The van der Waals surface area contributed by atoms with Crippen LogP contribution in [0.15, 0.2) is 26.5 Å². The molecular weight excluding hydrogens is 522 g/mol. The van der Waals surface area contributed by atoms with Gasteiger partial charge in [0.2, 0.25) is 0 Å². The maximum absolute atomic E-state index is 10.8. The summed E-state index contributed by atoms with van der Waals surface area (Å²) in [5, 5.41) is 11.8. The lowest BCUT2D eigenvalue weighted by Crippen LogP contribution is -2.32. The molecule has 29 heavy (non-hydrogen) atoms. The van der Waals surface area contributed by atoms with Crippen molar-refractivity contribution in [3.8, 4) is 5.75 Å². The summed E-state index contributed by atoms with van der Waals surface area (Å²) in [7, 11) is 0. The molecule has 0 amide bonds. The number of nitrogens with zero attached hydrogens (tertiary/aromatic N) is 2. The molecule has 2 aromatic rings. The van der Waals surface area contributed by atoms with Crippen molar-refractivity contribution in [1.29, 1.82) is 0 Å². The van der Waals surface area contributed by atoms with Gasteiger partial charge in [-0.25, -0.2) is 4.98 Å². The molecule has 0 saturated carbocycles. The molecule has 0 aliphatic carbocycles. The highest BCUT2D eigenvalue weighted by Gasteiger charge is 2.15. The molecule has 0 aliphatic heterocycles. The zero-order valence-corrected chi connectivity index (χ0v) is 21.2. The molecule has 0 fully saturated rings. The van der Waals surface area contributed by atoms with E-state index in [0.29, 0.717) is 12.4 Å². The molecule has 9 heteroatoms. The number of ether oxygens (including phenoxy) is 1. The molecule has 1 aromatic heterocycles. The highest BCUT2D eigenvalue weighted by molar-refractivity contribution is 9.11. The van der Waals surface area contributed by atoms with E-state index in [1.165, 1.54) is 19.6 Å². The van der Waals surface area contributed by atoms with Crippen molar-refractivity contribution in [3.63, 3.8) is 0 Å². The summed E-state index contributed by atoms with van der Waals surface area (Å²) in [5.41, 5.74) is 7.24. The third kappa shape index (κ3) is 9.13. The van der Waals surface area contributed by atoms with Crippen LogP contribution >= 0.6 is 43.2 Å². The number of benzene rings is 1. The molecule has 0 aliphatic rings. The van der Waals surface area contributed by atoms with Gasteiger partial charge in [-0.3, -0.25) is 4.79 Å². The lowest BCUT2D eigenvalue weighted by molar-refractivity contribution is -0.138. The summed E-state index contributed by atoms with van der Waals surface area (Å²) in [6, 6.07) is 2.70. The molecule has 1 atom stereocenters. The van der Waals surface area contributed by atoms with Gasteiger partial charge in [0.15, 0.2) is 0 Å². The molecule has 1 unspecified atom stereocenters. The van der Waals surface area contributed by atoms with Crippen LogP contribution in [0.25, 0.3) is 0 Å². The number of nitrogens with two attached hydrogens (primary N) is 1. The third-order valence-electron chi connectivity index (χ3n) is 4.20. The molecule has 0 saturated heterocycles. The van der Waals surface area contributed by atoms with Gasteiger partial charge in [-0.05, 0) is 82.5 Å². The lowest BCUT2D eigenvalue weighted by atomic mass is 10.1.